The van der Waals surface area contributed by atoms with Gasteiger partial charge in [-0.3, -0.25) is 0 Å². The standard InChI is InChI=1S/C22H26O4Si/c1-6-15-24-18-13-14-19(27(3,4)5)21(20(18)25-16-7-2)26-22(23)17-11-9-8-10-12-17/h6-14H,1-2,15-16H2,3-5H3. The molecule has 5 heteroatoms. The highest BCUT2D eigenvalue weighted by atomic mass is 28.3. The van der Waals surface area contributed by atoms with E-state index in [1.807, 2.05) is 18.2 Å². The lowest BCUT2D eigenvalue weighted by Gasteiger charge is -2.24. The molecule has 4 nitrogen and oxygen atoms in total. The average Bonchev–Trinajstić information content (AvgIpc) is 2.65. The number of benzene rings is 2. The van der Waals surface area contributed by atoms with E-state index in [2.05, 4.69) is 32.8 Å². The molecular weight excluding hydrogens is 356 g/mol. The molecule has 0 aromatic heterocycles. The fourth-order valence-corrected chi connectivity index (χ4v) is 3.93. The van der Waals surface area contributed by atoms with Crippen LogP contribution in [0.2, 0.25) is 19.6 Å². The fourth-order valence-electron chi connectivity index (χ4n) is 2.50. The van der Waals surface area contributed by atoms with E-state index in [0.717, 1.165) is 5.19 Å². The van der Waals surface area contributed by atoms with Crippen LogP contribution in [0.25, 0.3) is 0 Å². The van der Waals surface area contributed by atoms with Crippen LogP contribution in [-0.4, -0.2) is 27.3 Å². The molecule has 2 aromatic carbocycles. The van der Waals surface area contributed by atoms with E-state index < -0.39 is 14.0 Å². The average molecular weight is 383 g/mol. The number of carbonyl (C=O) groups excluding carboxylic acids is 1. The maximum Gasteiger partial charge on any atom is 0.343 e. The van der Waals surface area contributed by atoms with Crippen molar-refractivity contribution in [3.63, 3.8) is 0 Å². The van der Waals surface area contributed by atoms with Crippen LogP contribution in [0.15, 0.2) is 67.8 Å². The topological polar surface area (TPSA) is 44.8 Å². The molecule has 0 saturated carbocycles. The van der Waals surface area contributed by atoms with Gasteiger partial charge in [0.05, 0.1) is 13.6 Å². The number of rotatable bonds is 9. The quantitative estimate of drug-likeness (QED) is 0.276. The van der Waals surface area contributed by atoms with Crippen LogP contribution in [0.3, 0.4) is 0 Å². The predicted molar refractivity (Wildman–Crippen MR) is 112 cm³/mol. The lowest BCUT2D eigenvalue weighted by Crippen LogP contribution is -2.39. The molecule has 0 saturated heterocycles. The van der Waals surface area contributed by atoms with Crippen molar-refractivity contribution < 1.29 is 19.0 Å². The van der Waals surface area contributed by atoms with E-state index in [-0.39, 0.29) is 6.61 Å². The Bertz CT molecular complexity index is 807. The summed E-state index contributed by atoms with van der Waals surface area (Å²) in [5.41, 5.74) is 0.478. The number of hydrogen-bond acceptors (Lipinski definition) is 4. The van der Waals surface area contributed by atoms with Crippen LogP contribution in [0, 0.1) is 0 Å². The van der Waals surface area contributed by atoms with Crippen molar-refractivity contribution in [2.45, 2.75) is 19.6 Å². The Kier molecular flexibility index (Phi) is 7.02. The van der Waals surface area contributed by atoms with Crippen LogP contribution >= 0.6 is 0 Å². The third-order valence-electron chi connectivity index (χ3n) is 3.79. The van der Waals surface area contributed by atoms with Crippen LogP contribution in [0.1, 0.15) is 10.4 Å². The van der Waals surface area contributed by atoms with E-state index in [1.54, 1.807) is 36.4 Å². The lowest BCUT2D eigenvalue weighted by atomic mass is 10.2. The number of hydrogen-bond donors (Lipinski definition) is 0. The minimum atomic E-state index is -1.83. The molecular formula is C22H26O4Si. The Labute approximate surface area is 162 Å². The minimum Gasteiger partial charge on any atom is -0.486 e. The second kappa shape index (κ2) is 9.23. The van der Waals surface area contributed by atoms with E-state index in [0.29, 0.717) is 29.4 Å². The first kappa shape index (κ1) is 20.5. The smallest absolute Gasteiger partial charge is 0.343 e. The molecule has 0 bridgehead atoms. The second-order valence-corrected chi connectivity index (χ2v) is 12.0. The molecule has 0 unspecified atom stereocenters. The third kappa shape index (κ3) is 5.34. The largest absolute Gasteiger partial charge is 0.486 e. The van der Waals surface area contributed by atoms with E-state index >= 15 is 0 Å². The SMILES string of the molecule is C=CCOc1ccc([Si](C)(C)C)c(OC(=O)c2ccccc2)c1OCC=C. The normalized spacial score (nSPS) is 10.8. The summed E-state index contributed by atoms with van der Waals surface area (Å²) in [6.45, 7) is 14.5. The van der Waals surface area contributed by atoms with Gasteiger partial charge in [-0.25, -0.2) is 4.79 Å². The monoisotopic (exact) mass is 382 g/mol. The first-order chi connectivity index (χ1) is 12.9. The van der Waals surface area contributed by atoms with Gasteiger partial charge in [-0.2, -0.15) is 0 Å². The first-order valence-corrected chi connectivity index (χ1v) is 12.3. The van der Waals surface area contributed by atoms with Gasteiger partial charge >= 0.3 is 5.97 Å². The molecule has 0 fully saturated rings. The molecule has 0 N–H and O–H groups in total. The van der Waals surface area contributed by atoms with Gasteiger partial charge in [-0.05, 0) is 23.4 Å². The highest BCUT2D eigenvalue weighted by Gasteiger charge is 2.28. The molecule has 0 heterocycles. The summed E-state index contributed by atoms with van der Waals surface area (Å²) in [4.78, 5) is 12.7. The highest BCUT2D eigenvalue weighted by Crippen LogP contribution is 2.38. The zero-order valence-electron chi connectivity index (χ0n) is 16.2. The van der Waals surface area contributed by atoms with Crippen molar-refractivity contribution in [1.82, 2.24) is 0 Å². The predicted octanol–water partition coefficient (Wildman–Crippen LogP) is 4.58. The Morgan fingerprint density at radius 3 is 2.15 bits per heavy atom. The van der Waals surface area contributed by atoms with Crippen molar-refractivity contribution in [1.29, 1.82) is 0 Å². The van der Waals surface area contributed by atoms with Crippen molar-refractivity contribution in [2.24, 2.45) is 0 Å². The molecule has 2 aromatic rings. The Balaban J connectivity index is 2.55. The Morgan fingerprint density at radius 2 is 1.56 bits per heavy atom. The van der Waals surface area contributed by atoms with Crippen LogP contribution < -0.4 is 19.4 Å². The van der Waals surface area contributed by atoms with Gasteiger partial charge in [0.2, 0.25) is 5.75 Å². The Hall–Kier alpha value is -2.79. The summed E-state index contributed by atoms with van der Waals surface area (Å²) in [7, 11) is -1.83. The van der Waals surface area contributed by atoms with E-state index in [1.165, 1.54) is 0 Å². The first-order valence-electron chi connectivity index (χ1n) is 8.80. The summed E-state index contributed by atoms with van der Waals surface area (Å²) in [5, 5.41) is 0.983. The second-order valence-electron chi connectivity index (χ2n) is 6.97. The Morgan fingerprint density at radius 1 is 0.926 bits per heavy atom. The molecule has 0 spiro atoms. The van der Waals surface area contributed by atoms with Gasteiger partial charge in [0.1, 0.15) is 13.2 Å². The molecule has 27 heavy (non-hydrogen) atoms. The number of esters is 1. The van der Waals surface area contributed by atoms with Gasteiger partial charge in [0.25, 0.3) is 0 Å². The van der Waals surface area contributed by atoms with Gasteiger partial charge in [-0.15, -0.1) is 0 Å². The van der Waals surface area contributed by atoms with Gasteiger partial charge in [0.15, 0.2) is 11.5 Å². The summed E-state index contributed by atoms with van der Waals surface area (Å²) >= 11 is 0. The van der Waals surface area contributed by atoms with Gasteiger partial charge in [0, 0.05) is 0 Å². The summed E-state index contributed by atoms with van der Waals surface area (Å²) < 4.78 is 17.4. The van der Waals surface area contributed by atoms with Crippen LogP contribution in [0.4, 0.5) is 0 Å². The number of carbonyl (C=O) groups is 1. The molecule has 2 rings (SSSR count). The zero-order valence-corrected chi connectivity index (χ0v) is 17.2. The summed E-state index contributed by atoms with van der Waals surface area (Å²) in [5.74, 6) is 0.918. The van der Waals surface area contributed by atoms with Crippen molar-refractivity contribution in [2.75, 3.05) is 13.2 Å². The maximum atomic E-state index is 12.7. The van der Waals surface area contributed by atoms with Crippen molar-refractivity contribution in [3.05, 3.63) is 73.3 Å². The lowest BCUT2D eigenvalue weighted by molar-refractivity contribution is 0.0730. The minimum absolute atomic E-state index is 0.273. The van der Waals surface area contributed by atoms with Gasteiger partial charge in [-0.1, -0.05) is 69.2 Å². The fraction of sp³-hybridized carbons (Fsp3) is 0.227. The van der Waals surface area contributed by atoms with Gasteiger partial charge < -0.3 is 14.2 Å². The molecule has 0 aliphatic heterocycles. The zero-order chi connectivity index (χ0) is 19.9. The van der Waals surface area contributed by atoms with E-state index in [4.69, 9.17) is 14.2 Å². The van der Waals surface area contributed by atoms with Crippen LogP contribution in [0.5, 0.6) is 17.2 Å². The summed E-state index contributed by atoms with van der Waals surface area (Å²) in [6.07, 6.45) is 3.29. The number of ether oxygens (including phenoxy) is 3. The molecule has 0 amide bonds. The van der Waals surface area contributed by atoms with Crippen molar-refractivity contribution in [3.8, 4) is 17.2 Å². The molecule has 0 radical (unpaired) electrons. The third-order valence-corrected chi connectivity index (χ3v) is 5.80. The maximum absolute atomic E-state index is 12.7. The van der Waals surface area contributed by atoms with Crippen molar-refractivity contribution >= 4 is 19.2 Å². The molecule has 0 atom stereocenters. The molecule has 142 valence electrons. The molecule has 0 aliphatic carbocycles. The molecule has 0 aliphatic rings. The summed E-state index contributed by atoms with van der Waals surface area (Å²) in [6, 6.07) is 12.7. The van der Waals surface area contributed by atoms with Crippen LogP contribution in [-0.2, 0) is 0 Å². The van der Waals surface area contributed by atoms with E-state index in [9.17, 15) is 4.79 Å². The highest BCUT2D eigenvalue weighted by molar-refractivity contribution is 6.89.